The normalized spacial score (nSPS) is 17.9. The van der Waals surface area contributed by atoms with Crippen LogP contribution in [0.15, 0.2) is 30.3 Å². The Hall–Kier alpha value is -2.89. The predicted molar refractivity (Wildman–Crippen MR) is 99.0 cm³/mol. The number of ether oxygens (including phenoxy) is 4. The summed E-state index contributed by atoms with van der Waals surface area (Å²) in [6.07, 6.45) is 0.0418. The van der Waals surface area contributed by atoms with Gasteiger partial charge in [0.1, 0.15) is 11.9 Å². The summed E-state index contributed by atoms with van der Waals surface area (Å²) in [5.74, 6) is 2.06. The van der Waals surface area contributed by atoms with E-state index in [9.17, 15) is 4.79 Å². The summed E-state index contributed by atoms with van der Waals surface area (Å²) >= 11 is 0. The summed E-state index contributed by atoms with van der Waals surface area (Å²) in [5, 5.41) is 2.88. The van der Waals surface area contributed by atoms with Crippen LogP contribution in [0.4, 0.5) is 5.69 Å². The highest BCUT2D eigenvalue weighted by Gasteiger charge is 2.31. The van der Waals surface area contributed by atoms with Gasteiger partial charge in [0, 0.05) is 29.3 Å². The van der Waals surface area contributed by atoms with E-state index in [1.165, 1.54) is 21.3 Å². The number of carbonyl (C=O) groups is 1. The first-order chi connectivity index (χ1) is 12.5. The molecule has 0 saturated heterocycles. The van der Waals surface area contributed by atoms with E-state index < -0.39 is 0 Å². The monoisotopic (exact) mass is 357 g/mol. The molecule has 0 aromatic heterocycles. The van der Waals surface area contributed by atoms with Crippen molar-refractivity contribution >= 4 is 11.6 Å². The molecular formula is C20H23NO5. The van der Waals surface area contributed by atoms with Gasteiger partial charge in [0.2, 0.25) is 5.75 Å². The highest BCUT2D eigenvalue weighted by molar-refractivity contribution is 6.07. The Morgan fingerprint density at radius 2 is 1.69 bits per heavy atom. The molecule has 2 atom stereocenters. The predicted octanol–water partition coefficient (Wildman–Crippen LogP) is 3.85. The van der Waals surface area contributed by atoms with Gasteiger partial charge in [-0.2, -0.15) is 0 Å². The Kier molecular flexibility index (Phi) is 4.93. The van der Waals surface area contributed by atoms with Gasteiger partial charge in [-0.05, 0) is 13.0 Å². The molecule has 0 radical (unpaired) electrons. The number of para-hydroxylation sites is 1. The van der Waals surface area contributed by atoms with Crippen LogP contribution >= 0.6 is 0 Å². The Bertz CT molecular complexity index is 808. The zero-order valence-corrected chi connectivity index (χ0v) is 15.6. The third-order valence-corrected chi connectivity index (χ3v) is 4.71. The van der Waals surface area contributed by atoms with Gasteiger partial charge in [-0.15, -0.1) is 0 Å². The number of hydrogen-bond acceptors (Lipinski definition) is 5. The maximum Gasteiger partial charge on any atom is 0.259 e. The van der Waals surface area contributed by atoms with Gasteiger partial charge in [0.15, 0.2) is 11.5 Å². The fraction of sp³-hybridized carbons (Fsp3) is 0.350. The van der Waals surface area contributed by atoms with Crippen molar-refractivity contribution in [2.45, 2.75) is 25.9 Å². The van der Waals surface area contributed by atoms with Gasteiger partial charge in [-0.1, -0.05) is 19.1 Å². The van der Waals surface area contributed by atoms with Gasteiger partial charge in [0.25, 0.3) is 5.91 Å². The SMILES string of the molecule is COc1cc(NC(=O)c2cccc3c2O[C@@H](C)[C@H]3C)cc(OC)c1OC. The second-order valence-corrected chi connectivity index (χ2v) is 6.20. The molecule has 1 aliphatic rings. The van der Waals surface area contributed by atoms with Gasteiger partial charge in [-0.25, -0.2) is 0 Å². The fourth-order valence-corrected chi connectivity index (χ4v) is 3.12. The first kappa shape index (κ1) is 17.9. The minimum atomic E-state index is -0.252. The summed E-state index contributed by atoms with van der Waals surface area (Å²) in [5.41, 5.74) is 2.10. The lowest BCUT2D eigenvalue weighted by Crippen LogP contribution is -2.14. The molecule has 0 fully saturated rings. The Morgan fingerprint density at radius 1 is 1.04 bits per heavy atom. The highest BCUT2D eigenvalue weighted by atomic mass is 16.5. The molecule has 3 rings (SSSR count). The molecular weight excluding hydrogens is 334 g/mol. The molecule has 1 heterocycles. The summed E-state index contributed by atoms with van der Waals surface area (Å²) in [4.78, 5) is 12.8. The molecule has 0 saturated carbocycles. The van der Waals surface area contributed by atoms with E-state index in [1.54, 1.807) is 18.2 Å². The average molecular weight is 357 g/mol. The van der Waals surface area contributed by atoms with Crippen LogP contribution < -0.4 is 24.3 Å². The van der Waals surface area contributed by atoms with E-state index in [1.807, 2.05) is 19.1 Å². The van der Waals surface area contributed by atoms with E-state index in [4.69, 9.17) is 18.9 Å². The minimum absolute atomic E-state index is 0.0418. The van der Waals surface area contributed by atoms with Crippen LogP contribution in [0.25, 0.3) is 0 Å². The number of benzene rings is 2. The topological polar surface area (TPSA) is 66.0 Å². The van der Waals surface area contributed by atoms with Gasteiger partial charge in [0.05, 0.1) is 26.9 Å². The van der Waals surface area contributed by atoms with Crippen LogP contribution in [0, 0.1) is 0 Å². The van der Waals surface area contributed by atoms with Crippen LogP contribution in [0.1, 0.15) is 35.7 Å². The van der Waals surface area contributed by atoms with Crippen molar-refractivity contribution in [3.05, 3.63) is 41.5 Å². The molecule has 6 nitrogen and oxygen atoms in total. The van der Waals surface area contributed by atoms with Crippen LogP contribution in [-0.2, 0) is 0 Å². The summed E-state index contributed by atoms with van der Waals surface area (Å²) in [6, 6.07) is 9.01. The summed E-state index contributed by atoms with van der Waals surface area (Å²) < 4.78 is 21.9. The van der Waals surface area contributed by atoms with E-state index in [-0.39, 0.29) is 17.9 Å². The lowest BCUT2D eigenvalue weighted by molar-refractivity contribution is 0.102. The summed E-state index contributed by atoms with van der Waals surface area (Å²) in [6.45, 7) is 4.10. The van der Waals surface area contributed by atoms with Crippen LogP contribution in [0.2, 0.25) is 0 Å². The fourth-order valence-electron chi connectivity index (χ4n) is 3.12. The van der Waals surface area contributed by atoms with Crippen molar-refractivity contribution in [2.24, 2.45) is 0 Å². The molecule has 0 bridgehead atoms. The van der Waals surface area contributed by atoms with Crippen molar-refractivity contribution in [1.82, 2.24) is 0 Å². The van der Waals surface area contributed by atoms with Gasteiger partial charge in [-0.3, -0.25) is 4.79 Å². The zero-order chi connectivity index (χ0) is 18.8. The Labute approximate surface area is 153 Å². The molecule has 0 unspecified atom stereocenters. The highest BCUT2D eigenvalue weighted by Crippen LogP contribution is 2.42. The third-order valence-electron chi connectivity index (χ3n) is 4.71. The molecule has 26 heavy (non-hydrogen) atoms. The smallest absolute Gasteiger partial charge is 0.259 e. The number of methoxy groups -OCH3 is 3. The van der Waals surface area contributed by atoms with Crippen molar-refractivity contribution < 1.29 is 23.7 Å². The number of hydrogen-bond donors (Lipinski definition) is 1. The number of amides is 1. The molecule has 1 amide bonds. The maximum absolute atomic E-state index is 12.8. The van der Waals surface area contributed by atoms with Crippen molar-refractivity contribution in [3.8, 4) is 23.0 Å². The third kappa shape index (κ3) is 3.03. The van der Waals surface area contributed by atoms with Crippen LogP contribution in [-0.4, -0.2) is 33.3 Å². The molecule has 2 aromatic carbocycles. The van der Waals surface area contributed by atoms with Crippen molar-refractivity contribution in [3.63, 3.8) is 0 Å². The Balaban J connectivity index is 1.93. The standard InChI is InChI=1S/C20H23NO5/c1-11-12(2)26-18-14(11)7-6-8-15(18)20(22)21-13-9-16(23-3)19(25-5)17(10-13)24-4/h6-12H,1-5H3,(H,21,22)/t11-,12+/m1/s1. The molecule has 138 valence electrons. The number of fused-ring (bicyclic) bond motifs is 1. The first-order valence-electron chi connectivity index (χ1n) is 8.41. The van der Waals surface area contributed by atoms with Crippen LogP contribution in [0.3, 0.4) is 0 Å². The maximum atomic E-state index is 12.8. The van der Waals surface area contributed by atoms with Crippen LogP contribution in [0.5, 0.6) is 23.0 Å². The molecule has 0 aliphatic carbocycles. The molecule has 0 spiro atoms. The quantitative estimate of drug-likeness (QED) is 0.880. The van der Waals surface area contributed by atoms with E-state index in [0.717, 1.165) is 5.56 Å². The zero-order valence-electron chi connectivity index (χ0n) is 15.6. The second kappa shape index (κ2) is 7.15. The average Bonchev–Trinajstić information content (AvgIpc) is 2.95. The van der Waals surface area contributed by atoms with E-state index in [2.05, 4.69) is 12.2 Å². The molecule has 2 aromatic rings. The lowest BCUT2D eigenvalue weighted by atomic mass is 9.97. The lowest BCUT2D eigenvalue weighted by Gasteiger charge is -2.15. The first-order valence-corrected chi connectivity index (χ1v) is 8.41. The molecule has 1 aliphatic heterocycles. The van der Waals surface area contributed by atoms with Crippen molar-refractivity contribution in [1.29, 1.82) is 0 Å². The minimum Gasteiger partial charge on any atom is -0.493 e. The largest absolute Gasteiger partial charge is 0.493 e. The number of anilines is 1. The number of rotatable bonds is 5. The van der Waals surface area contributed by atoms with E-state index in [0.29, 0.717) is 34.2 Å². The molecule has 6 heteroatoms. The second-order valence-electron chi connectivity index (χ2n) is 6.20. The molecule has 1 N–H and O–H groups in total. The number of carbonyl (C=O) groups excluding carboxylic acids is 1. The van der Waals surface area contributed by atoms with Gasteiger partial charge < -0.3 is 24.3 Å². The van der Waals surface area contributed by atoms with Crippen molar-refractivity contribution in [2.75, 3.05) is 26.6 Å². The number of nitrogens with one attached hydrogen (secondary N) is 1. The van der Waals surface area contributed by atoms with Gasteiger partial charge >= 0.3 is 0 Å². The summed E-state index contributed by atoms with van der Waals surface area (Å²) in [7, 11) is 4.60. The van der Waals surface area contributed by atoms with E-state index >= 15 is 0 Å². The Morgan fingerprint density at radius 3 is 2.27 bits per heavy atom.